The summed E-state index contributed by atoms with van der Waals surface area (Å²) < 4.78 is 181. The minimum absolute atomic E-state index is 0.0513. The van der Waals surface area contributed by atoms with E-state index < -0.39 is 90.1 Å². The van der Waals surface area contributed by atoms with Crippen molar-refractivity contribution < 1.29 is 23.3 Å². The molecule has 0 atom stereocenters. The minimum Gasteiger partial charge on any atom is -0.310 e. The van der Waals surface area contributed by atoms with Crippen LogP contribution < -0.4 is 16.4 Å². The van der Waals surface area contributed by atoms with E-state index in [0.717, 1.165) is 43.6 Å². The molecule has 0 saturated heterocycles. The van der Waals surface area contributed by atoms with Gasteiger partial charge in [0, 0.05) is 65.8 Å². The molecule has 3 aromatic heterocycles. The van der Waals surface area contributed by atoms with Gasteiger partial charge in [-0.2, -0.15) is 0 Å². The zero-order valence-electron chi connectivity index (χ0n) is 69.4. The predicted octanol–water partition coefficient (Wildman–Crippen LogP) is 21.9. The normalized spacial score (nSPS) is 15.9. The van der Waals surface area contributed by atoms with Gasteiger partial charge in [0.25, 0.3) is 6.71 Å². The Labute approximate surface area is 575 Å². The van der Waals surface area contributed by atoms with Crippen LogP contribution in [0, 0.1) is 0 Å². The molecule has 0 fully saturated rings. The molecular weight excluding hydrogens is 1150 g/mol. The van der Waals surface area contributed by atoms with Crippen LogP contribution in [0.2, 0.25) is 0 Å². The monoisotopic (exact) mass is 1230 g/mol. The maximum absolute atomic E-state index is 12.0. The average molecular weight is 1230 g/mol. The van der Waals surface area contributed by atoms with Gasteiger partial charge in [-0.25, -0.2) is 0 Å². The van der Waals surface area contributed by atoms with E-state index in [9.17, 15) is 23.3 Å². The van der Waals surface area contributed by atoms with Crippen LogP contribution >= 0.6 is 0 Å². The number of rotatable bonds is 3. The van der Waals surface area contributed by atoms with E-state index in [1.807, 2.05) is 203 Å². The van der Waals surface area contributed by atoms with Gasteiger partial charge in [0.2, 0.25) is 0 Å². The summed E-state index contributed by atoms with van der Waals surface area (Å²) in [6, 6.07) is 55.3. The van der Waals surface area contributed by atoms with E-state index in [-0.39, 0.29) is 108 Å². The van der Waals surface area contributed by atoms with Crippen molar-refractivity contribution in [1.29, 1.82) is 0 Å². The topological polar surface area (TPSA) is 14.8 Å². The van der Waals surface area contributed by atoms with Crippen molar-refractivity contribution in [2.75, 3.05) is 0 Å². The molecule has 95 heavy (non-hydrogen) atoms. The molecule has 17 aromatic rings. The molecule has 446 valence electrons. The van der Waals surface area contributed by atoms with E-state index >= 15 is 0 Å². The van der Waals surface area contributed by atoms with Crippen molar-refractivity contribution in [2.24, 2.45) is 0 Å². The molecule has 4 heteroatoms. The van der Waals surface area contributed by atoms with Gasteiger partial charge in [-0.15, -0.1) is 0 Å². The van der Waals surface area contributed by atoms with E-state index in [1.54, 1.807) is 0 Å². The number of fused-ring (bicyclic) bond motifs is 25. The van der Waals surface area contributed by atoms with Crippen molar-refractivity contribution in [1.82, 2.24) is 13.7 Å². The Bertz CT molecular complexity index is 7400. The molecule has 0 spiro atoms. The molecule has 5 heterocycles. The second kappa shape index (κ2) is 19.8. The van der Waals surface area contributed by atoms with Crippen molar-refractivity contribution in [2.45, 2.75) is 45.4 Å². The Kier molecular flexibility index (Phi) is 8.30. The first-order chi connectivity index (χ1) is 53.7. The summed E-state index contributed by atoms with van der Waals surface area (Å²) in [6.07, 6.45) is 0. The summed E-state index contributed by atoms with van der Waals surface area (Å²) in [5.74, 6) is 0. The number of nitrogens with zero attached hydrogens (tertiary/aromatic N) is 3. The molecule has 0 bridgehead atoms. The van der Waals surface area contributed by atoms with Gasteiger partial charge in [0.05, 0.1) is 56.6 Å². The summed E-state index contributed by atoms with van der Waals surface area (Å²) in [7, 11) is 0. The number of para-hydroxylation sites is 4. The van der Waals surface area contributed by atoms with Crippen LogP contribution in [0.15, 0.2) is 297 Å². The largest absolute Gasteiger partial charge is 0.310 e. The quantitative estimate of drug-likeness (QED) is 0.157. The molecule has 14 aromatic carbocycles. The van der Waals surface area contributed by atoms with Crippen LogP contribution in [0.3, 0.4) is 0 Å². The Balaban J connectivity index is 1.21. The maximum Gasteiger partial charge on any atom is 0.252 e. The Morgan fingerprint density at radius 2 is 0.768 bits per heavy atom. The summed E-state index contributed by atoms with van der Waals surface area (Å²) in [6.45, 7) is 8.31. The van der Waals surface area contributed by atoms with Gasteiger partial charge in [-0.1, -0.05) is 301 Å². The first kappa shape index (κ1) is 39.8. The third-order valence-corrected chi connectivity index (χ3v) is 20.3. The number of aromatic nitrogens is 3. The maximum atomic E-state index is 12.0. The Morgan fingerprint density at radius 3 is 1.29 bits per heavy atom. The van der Waals surface area contributed by atoms with Crippen LogP contribution in [-0.2, 0) is 10.8 Å². The average Bonchev–Trinajstić information content (AvgIpc) is 1.24. The van der Waals surface area contributed by atoms with Crippen LogP contribution in [0.4, 0.5) is 0 Å². The van der Waals surface area contributed by atoms with E-state index in [4.69, 9.17) is 0 Å². The highest BCUT2D eigenvalue weighted by molar-refractivity contribution is 7.00. The summed E-state index contributed by atoms with van der Waals surface area (Å²) in [5.41, 5.74) is 3.76. The molecule has 0 amide bonds. The SMILES string of the molecule is [2H]c1c([2H])c([2H])c2c(c1[2H])-c1c([2H])c3c4c(c1C2(C)C)c1ccccc1c1ccccc1c1cccc(-c2ccccc2)c1n4-c1c([2H])c(C(C)(C)C)c([2H])c2c1B3c1c([2H])c([2H])c(-n3c4c([2H])c([2H])c([2H])c([2H])c4c4c([2H])c([2H])c([2H])c([2H])c43)c3c4ccccc4c4ccccc4c4cccc(-c5ccccc5)c4n-2c13. The molecule has 20 rings (SSSR count). The molecule has 3 aliphatic rings. The first-order valence-corrected chi connectivity index (χ1v) is 32.2. The third kappa shape index (κ3) is 7.43. The smallest absolute Gasteiger partial charge is 0.252 e. The van der Waals surface area contributed by atoms with E-state index in [2.05, 4.69) is 34.9 Å². The molecule has 1 aliphatic carbocycles. The third-order valence-electron chi connectivity index (χ3n) is 20.3. The lowest BCUT2D eigenvalue weighted by Crippen LogP contribution is -2.60. The molecule has 3 nitrogen and oxygen atoms in total. The van der Waals surface area contributed by atoms with Gasteiger partial charge >= 0.3 is 0 Å². The molecule has 0 saturated carbocycles. The van der Waals surface area contributed by atoms with Crippen molar-refractivity contribution in [3.05, 3.63) is 314 Å². The summed E-state index contributed by atoms with van der Waals surface area (Å²) >= 11 is 0. The molecule has 0 radical (unpaired) electrons. The fourth-order valence-electron chi connectivity index (χ4n) is 16.3. The fourth-order valence-corrected chi connectivity index (χ4v) is 16.3. The highest BCUT2D eigenvalue weighted by Crippen LogP contribution is 2.54. The van der Waals surface area contributed by atoms with Gasteiger partial charge in [0.15, 0.2) is 0 Å². The lowest BCUT2D eigenvalue weighted by Gasteiger charge is -2.39. The minimum atomic E-state index is -1.51. The fraction of sp³-hybridized carbons (Fsp3) is 0.0769. The van der Waals surface area contributed by atoms with Gasteiger partial charge in [-0.3, -0.25) is 0 Å². The standard InChI is InChI=1S/C91H64BN3/c1-90(2,3)57-52-80-85-81(53-57)95-87-59(56-30-10-7-11-31-56)44-27-46-72(87)65-37-15-13-33-61(65)63-35-17-19-42-70(63)83-84-73(66-38-20-23-47-74(66)91(84,4)5)54-76(89(83)95)92(85)75-50-51-79(93-77-48-24-21-39-67(77)68-40-22-25-49-78(68)93)82-69-41-18-16-34-62(69)60-32-12-14-36-64(60)71-45-26-43-58(55-28-8-6-9-29-55)86(71)94(80)88(75)82/h6-54H,1-5H3/i20D,21D,22D,23D,24D,25D,38D,39D,40D,47D,48D,49D,50D,51D,52D,53D,54D. The lowest BCUT2D eigenvalue weighted by molar-refractivity contribution is 0.589. The summed E-state index contributed by atoms with van der Waals surface area (Å²) in [4.78, 5) is 0. The van der Waals surface area contributed by atoms with Crippen LogP contribution in [-0.4, -0.2) is 20.4 Å². The molecule has 0 N–H and O–H groups in total. The predicted molar refractivity (Wildman–Crippen MR) is 407 cm³/mol. The second-order valence-corrected chi connectivity index (χ2v) is 26.8. The van der Waals surface area contributed by atoms with Crippen LogP contribution in [0.5, 0.6) is 0 Å². The second-order valence-electron chi connectivity index (χ2n) is 26.8. The number of benzene rings is 14. The Hall–Kier alpha value is -11.5. The van der Waals surface area contributed by atoms with Crippen LogP contribution in [0.25, 0.3) is 159 Å². The zero-order chi connectivity index (χ0) is 78.0. The number of hydrogen-bond donors (Lipinski definition) is 0. The highest BCUT2D eigenvalue weighted by Gasteiger charge is 2.45. The zero-order valence-corrected chi connectivity index (χ0v) is 52.4. The van der Waals surface area contributed by atoms with E-state index in [1.165, 1.54) is 4.57 Å². The van der Waals surface area contributed by atoms with E-state index in [0.29, 0.717) is 71.0 Å². The molecular formula is C91H64BN3. The van der Waals surface area contributed by atoms with Crippen molar-refractivity contribution >= 4 is 132 Å². The highest BCUT2D eigenvalue weighted by atomic mass is 15.0. The van der Waals surface area contributed by atoms with Gasteiger partial charge in [-0.05, 0) is 134 Å². The number of hydrogen-bond acceptors (Lipinski definition) is 0. The van der Waals surface area contributed by atoms with Crippen LogP contribution in [0.1, 0.15) is 74.6 Å². The van der Waals surface area contributed by atoms with Gasteiger partial charge in [0.1, 0.15) is 0 Å². The summed E-state index contributed by atoms with van der Waals surface area (Å²) in [5, 5.41) is 6.98. The first-order valence-electron chi connectivity index (χ1n) is 40.7. The molecule has 2 aliphatic heterocycles. The molecule has 0 unspecified atom stereocenters. The van der Waals surface area contributed by atoms with Crippen molar-refractivity contribution in [3.63, 3.8) is 0 Å². The Morgan fingerprint density at radius 1 is 0.337 bits per heavy atom. The van der Waals surface area contributed by atoms with Gasteiger partial charge < -0.3 is 13.7 Å². The van der Waals surface area contributed by atoms with Crippen molar-refractivity contribution in [3.8, 4) is 50.4 Å². The lowest BCUT2D eigenvalue weighted by atomic mass is 9.33.